The van der Waals surface area contributed by atoms with Crippen LogP contribution in [0.2, 0.25) is 0 Å². The predicted octanol–water partition coefficient (Wildman–Crippen LogP) is 10.4. The molecule has 0 amide bonds. The zero-order valence-electron chi connectivity index (χ0n) is 26.8. The second kappa shape index (κ2) is 9.80. The zero-order valence-corrected chi connectivity index (χ0v) is 27.7. The van der Waals surface area contributed by atoms with E-state index in [9.17, 15) is 0 Å². The normalized spacial score (nSPS) is 16.9. The average molecular weight is 634 g/mol. The third-order valence-corrected chi connectivity index (χ3v) is 14.0. The van der Waals surface area contributed by atoms with Gasteiger partial charge in [0.1, 0.15) is 0 Å². The summed E-state index contributed by atoms with van der Waals surface area (Å²) in [5, 5.41) is 5.09. The van der Waals surface area contributed by atoms with Crippen LogP contribution < -0.4 is 15.9 Å². The van der Waals surface area contributed by atoms with Crippen molar-refractivity contribution < 1.29 is 4.57 Å². The zero-order chi connectivity index (χ0) is 32.2. The molecular formula is C45H32NOP. The van der Waals surface area contributed by atoms with Crippen LogP contribution in [0.1, 0.15) is 25.0 Å². The highest BCUT2D eigenvalue weighted by Crippen LogP contribution is 2.55. The monoisotopic (exact) mass is 633 g/mol. The number of nitrogens with zero attached hydrogens (tertiary/aromatic N) is 1. The lowest BCUT2D eigenvalue weighted by atomic mass is 9.81. The summed E-state index contributed by atoms with van der Waals surface area (Å²) in [6.07, 6.45) is 0. The summed E-state index contributed by atoms with van der Waals surface area (Å²) in [5.74, 6) is 0. The Morgan fingerprint density at radius 1 is 0.521 bits per heavy atom. The molecular weight excluding hydrogens is 601 g/mol. The summed E-state index contributed by atoms with van der Waals surface area (Å²) in [5.41, 5.74) is 13.3. The highest BCUT2D eigenvalue weighted by molar-refractivity contribution is 7.86. The van der Waals surface area contributed by atoms with Gasteiger partial charge in [-0.2, -0.15) is 0 Å². The van der Waals surface area contributed by atoms with Crippen molar-refractivity contribution in [1.29, 1.82) is 0 Å². The fourth-order valence-corrected chi connectivity index (χ4v) is 11.6. The minimum Gasteiger partial charge on any atom is -0.309 e. The first kappa shape index (κ1) is 27.7. The lowest BCUT2D eigenvalue weighted by Gasteiger charge is -2.22. The number of aromatic nitrogens is 1. The summed E-state index contributed by atoms with van der Waals surface area (Å²) < 4.78 is 17.7. The third kappa shape index (κ3) is 3.56. The third-order valence-electron chi connectivity index (χ3n) is 10.8. The Morgan fingerprint density at radius 2 is 1.19 bits per heavy atom. The van der Waals surface area contributed by atoms with Crippen molar-refractivity contribution in [3.8, 4) is 39.1 Å². The first-order chi connectivity index (χ1) is 23.5. The molecule has 0 saturated heterocycles. The van der Waals surface area contributed by atoms with Crippen molar-refractivity contribution in [1.82, 2.24) is 4.57 Å². The van der Waals surface area contributed by atoms with Gasteiger partial charge in [-0.3, -0.25) is 0 Å². The molecule has 2 heterocycles. The molecule has 1 unspecified atom stereocenters. The maximum Gasteiger partial charge on any atom is 0.172 e. The second-order valence-corrected chi connectivity index (χ2v) is 16.3. The SMILES string of the molecule is CC1(C)c2ccccc2-c2ccc(-c3ccc(-n4c5ccccc5c5ccc6c(c54)-c4ccccc4P6(=O)c4ccccc4)cc3)cc21. The van der Waals surface area contributed by atoms with E-state index < -0.39 is 7.14 Å². The van der Waals surface area contributed by atoms with E-state index >= 15 is 4.57 Å². The topological polar surface area (TPSA) is 22.0 Å². The van der Waals surface area contributed by atoms with Crippen LogP contribution >= 0.6 is 7.14 Å². The van der Waals surface area contributed by atoms with Gasteiger partial charge in [0.25, 0.3) is 0 Å². The maximum atomic E-state index is 15.4. The summed E-state index contributed by atoms with van der Waals surface area (Å²) in [6.45, 7) is 4.67. The van der Waals surface area contributed by atoms with Crippen molar-refractivity contribution in [3.63, 3.8) is 0 Å². The standard InChI is InChI=1S/C45H32NOP/c1-45(2)38-17-9-6-14-33(38)34-25-22-30(28-39(34)45)29-20-23-31(24-21-29)46-40-18-10-7-15-35(40)36-26-27-42-43(44(36)46)37-16-8-11-19-41(37)48(42,47)32-12-4-3-5-13-32/h3-28H,1-2H3. The van der Waals surface area contributed by atoms with Crippen molar-refractivity contribution in [2.24, 2.45) is 0 Å². The van der Waals surface area contributed by atoms with Gasteiger partial charge >= 0.3 is 0 Å². The molecule has 2 nitrogen and oxygen atoms in total. The Bertz CT molecular complexity index is 2660. The molecule has 1 aliphatic carbocycles. The van der Waals surface area contributed by atoms with Gasteiger partial charge in [-0.15, -0.1) is 0 Å². The van der Waals surface area contributed by atoms with Crippen molar-refractivity contribution in [2.75, 3.05) is 0 Å². The van der Waals surface area contributed by atoms with Gasteiger partial charge in [0, 0.05) is 43.4 Å². The quantitative estimate of drug-likeness (QED) is 0.178. The lowest BCUT2D eigenvalue weighted by Crippen LogP contribution is -2.20. The van der Waals surface area contributed by atoms with E-state index in [1.54, 1.807) is 0 Å². The predicted molar refractivity (Wildman–Crippen MR) is 202 cm³/mol. The Hall–Kier alpha value is -5.43. The van der Waals surface area contributed by atoms with Gasteiger partial charge in [0.05, 0.1) is 11.0 Å². The smallest absolute Gasteiger partial charge is 0.172 e. The number of hydrogen-bond donors (Lipinski definition) is 0. The highest BCUT2D eigenvalue weighted by atomic mass is 31.2. The van der Waals surface area contributed by atoms with Gasteiger partial charge in [-0.1, -0.05) is 141 Å². The Balaban J connectivity index is 1.17. The van der Waals surface area contributed by atoms with Crippen LogP contribution in [-0.4, -0.2) is 4.57 Å². The van der Waals surface area contributed by atoms with E-state index in [2.05, 4.69) is 140 Å². The summed E-state index contributed by atoms with van der Waals surface area (Å²) in [6, 6.07) is 56.0. The highest BCUT2D eigenvalue weighted by Gasteiger charge is 2.42. The molecule has 1 aromatic heterocycles. The molecule has 8 aromatic rings. The Morgan fingerprint density at radius 3 is 2.02 bits per heavy atom. The molecule has 0 fully saturated rings. The minimum atomic E-state index is -3.06. The van der Waals surface area contributed by atoms with Crippen LogP contribution in [0.15, 0.2) is 158 Å². The van der Waals surface area contributed by atoms with Crippen molar-refractivity contribution in [3.05, 3.63) is 169 Å². The summed E-state index contributed by atoms with van der Waals surface area (Å²) in [7, 11) is -3.06. The van der Waals surface area contributed by atoms with Gasteiger partial charge < -0.3 is 9.13 Å². The molecule has 0 spiro atoms. The Kier molecular flexibility index (Phi) is 5.65. The van der Waals surface area contributed by atoms with Gasteiger partial charge in [-0.25, -0.2) is 0 Å². The number of hydrogen-bond acceptors (Lipinski definition) is 1. The van der Waals surface area contributed by atoms with Gasteiger partial charge in [-0.05, 0) is 69.3 Å². The van der Waals surface area contributed by atoms with Crippen LogP contribution in [0.25, 0.3) is 60.9 Å². The fraction of sp³-hybridized carbons (Fsp3) is 0.0667. The summed E-state index contributed by atoms with van der Waals surface area (Å²) >= 11 is 0. The second-order valence-electron chi connectivity index (χ2n) is 13.6. The van der Waals surface area contributed by atoms with E-state index in [-0.39, 0.29) is 5.41 Å². The molecule has 2 aliphatic rings. The lowest BCUT2D eigenvalue weighted by molar-refractivity contribution is 0.593. The van der Waals surface area contributed by atoms with Crippen molar-refractivity contribution in [2.45, 2.75) is 19.3 Å². The molecule has 0 bridgehead atoms. The molecule has 0 N–H and O–H groups in total. The largest absolute Gasteiger partial charge is 0.309 e. The average Bonchev–Trinajstić information content (AvgIpc) is 3.70. The van der Waals surface area contributed by atoms with E-state index in [0.29, 0.717) is 0 Å². The first-order valence-electron chi connectivity index (χ1n) is 16.6. The van der Waals surface area contributed by atoms with Crippen molar-refractivity contribution >= 4 is 44.9 Å². The minimum absolute atomic E-state index is 0.0410. The summed E-state index contributed by atoms with van der Waals surface area (Å²) in [4.78, 5) is 0. The molecule has 10 rings (SSSR count). The molecule has 7 aromatic carbocycles. The van der Waals surface area contributed by atoms with E-state index in [1.165, 1.54) is 44.2 Å². The first-order valence-corrected chi connectivity index (χ1v) is 18.3. The number of fused-ring (bicyclic) bond motifs is 10. The molecule has 0 saturated carbocycles. The molecule has 48 heavy (non-hydrogen) atoms. The van der Waals surface area contributed by atoms with Crippen LogP contribution in [0.4, 0.5) is 0 Å². The van der Waals surface area contributed by atoms with Gasteiger partial charge in [0.2, 0.25) is 0 Å². The molecule has 0 radical (unpaired) electrons. The van der Waals surface area contributed by atoms with E-state index in [1.807, 2.05) is 36.4 Å². The molecule has 3 heteroatoms. The van der Waals surface area contributed by atoms with Crippen LogP contribution in [0, 0.1) is 0 Å². The maximum absolute atomic E-state index is 15.4. The molecule has 1 atom stereocenters. The fourth-order valence-electron chi connectivity index (χ4n) is 8.54. The number of benzene rings is 7. The van der Waals surface area contributed by atoms with Gasteiger partial charge in [0.15, 0.2) is 7.14 Å². The Labute approximate surface area is 280 Å². The van der Waals surface area contributed by atoms with Crippen LogP contribution in [0.3, 0.4) is 0 Å². The molecule has 228 valence electrons. The van der Waals surface area contributed by atoms with E-state index in [4.69, 9.17) is 0 Å². The van der Waals surface area contributed by atoms with Crippen LogP contribution in [0.5, 0.6) is 0 Å². The molecule has 1 aliphatic heterocycles. The van der Waals surface area contributed by atoms with Crippen LogP contribution in [-0.2, 0) is 9.98 Å². The number of para-hydroxylation sites is 1. The number of rotatable bonds is 3. The van der Waals surface area contributed by atoms with E-state index in [0.717, 1.165) is 43.8 Å².